The highest BCUT2D eigenvalue weighted by Gasteiger charge is 2.35. The Morgan fingerprint density at radius 3 is 2.25 bits per heavy atom. The number of carboxylic acids is 1. The molecule has 16 heteroatoms. The average molecular weight is 570 g/mol. The van der Waals surface area contributed by atoms with Gasteiger partial charge in [-0.05, 0) is 44.9 Å². The first-order chi connectivity index (χ1) is 18.7. The average Bonchev–Trinajstić information content (AvgIpc) is 3.37. The third-order valence-corrected chi connectivity index (χ3v) is 6.11. The second-order valence-electron chi connectivity index (χ2n) is 10.1. The Morgan fingerprint density at radius 2 is 1.65 bits per heavy atom. The highest BCUT2D eigenvalue weighted by atomic mass is 16.4. The highest BCUT2D eigenvalue weighted by Crippen LogP contribution is 2.17. The van der Waals surface area contributed by atoms with Crippen molar-refractivity contribution in [3.63, 3.8) is 0 Å². The van der Waals surface area contributed by atoms with E-state index in [0.717, 1.165) is 0 Å². The summed E-state index contributed by atoms with van der Waals surface area (Å²) in [5.41, 5.74) is 16.3. The minimum Gasteiger partial charge on any atom is -0.480 e. The van der Waals surface area contributed by atoms with Crippen molar-refractivity contribution in [2.24, 2.45) is 28.1 Å². The minimum absolute atomic E-state index is 0.0727. The lowest BCUT2D eigenvalue weighted by Crippen LogP contribution is -2.54. The van der Waals surface area contributed by atoms with E-state index in [-0.39, 0.29) is 31.4 Å². The fourth-order valence-electron chi connectivity index (χ4n) is 4.05. The molecule has 0 aromatic rings. The summed E-state index contributed by atoms with van der Waals surface area (Å²) in [4.78, 5) is 78.6. The summed E-state index contributed by atoms with van der Waals surface area (Å²) in [6, 6.07) is -3.79. The Kier molecular flexibility index (Phi) is 14.4. The van der Waals surface area contributed by atoms with Crippen LogP contribution in [-0.4, -0.2) is 102 Å². The molecule has 0 bridgehead atoms. The van der Waals surface area contributed by atoms with Crippen LogP contribution in [0.5, 0.6) is 0 Å². The van der Waals surface area contributed by atoms with Gasteiger partial charge in [-0.2, -0.15) is 0 Å². The van der Waals surface area contributed by atoms with Gasteiger partial charge in [0.15, 0.2) is 5.96 Å². The number of amides is 5. The number of guanidine groups is 1. The molecule has 0 aromatic heterocycles. The zero-order valence-corrected chi connectivity index (χ0v) is 23.3. The molecule has 1 aliphatic rings. The van der Waals surface area contributed by atoms with Gasteiger partial charge in [0.1, 0.15) is 18.1 Å². The fraction of sp³-hybridized carbons (Fsp3) is 0.708. The zero-order chi connectivity index (χ0) is 30.4. The Morgan fingerprint density at radius 1 is 1.00 bits per heavy atom. The maximum Gasteiger partial charge on any atom is 0.326 e. The number of hydrogen-bond acceptors (Lipinski definition) is 8. The predicted molar refractivity (Wildman–Crippen MR) is 145 cm³/mol. The molecule has 1 aliphatic heterocycles. The number of nitrogens with two attached hydrogens (primary N) is 3. The van der Waals surface area contributed by atoms with E-state index in [1.807, 2.05) is 13.8 Å². The molecule has 0 saturated carbocycles. The molecular weight excluding hydrogens is 526 g/mol. The Balaban J connectivity index is 2.52. The van der Waals surface area contributed by atoms with Crippen LogP contribution in [0.4, 0.5) is 0 Å². The van der Waals surface area contributed by atoms with Gasteiger partial charge in [-0.3, -0.25) is 29.0 Å². The maximum absolute atomic E-state index is 12.8. The maximum atomic E-state index is 12.8. The van der Waals surface area contributed by atoms with Crippen molar-refractivity contribution in [3.8, 4) is 0 Å². The van der Waals surface area contributed by atoms with Gasteiger partial charge in [-0.25, -0.2) is 4.79 Å². The lowest BCUT2D eigenvalue weighted by molar-refractivity contribution is -0.142. The monoisotopic (exact) mass is 569 g/mol. The van der Waals surface area contributed by atoms with Gasteiger partial charge < -0.3 is 48.5 Å². The quantitative estimate of drug-likeness (QED) is 0.0521. The van der Waals surface area contributed by atoms with Crippen LogP contribution in [0.25, 0.3) is 0 Å². The Labute approximate surface area is 233 Å². The molecule has 226 valence electrons. The zero-order valence-electron chi connectivity index (χ0n) is 23.3. The SMILES string of the molecule is CC(C)C[C@H](N)C(=O)NCC(=O)N1CCC[C@H]1C(=O)N[C@@H](C)C(=O)NCC(=O)N[C@@H](CCCN=C(N)N)C(=O)O. The van der Waals surface area contributed by atoms with Gasteiger partial charge in [0.2, 0.25) is 29.5 Å². The lowest BCUT2D eigenvalue weighted by atomic mass is 10.0. The number of carbonyl (C=O) groups excluding carboxylic acids is 5. The largest absolute Gasteiger partial charge is 0.480 e. The van der Waals surface area contributed by atoms with E-state index in [0.29, 0.717) is 32.2 Å². The van der Waals surface area contributed by atoms with Crippen LogP contribution < -0.4 is 38.5 Å². The summed E-state index contributed by atoms with van der Waals surface area (Å²) in [7, 11) is 0. The molecule has 5 amide bonds. The van der Waals surface area contributed by atoms with Crippen molar-refractivity contribution in [2.45, 2.75) is 77.0 Å². The second-order valence-corrected chi connectivity index (χ2v) is 10.1. The summed E-state index contributed by atoms with van der Waals surface area (Å²) in [6.07, 6.45) is 1.81. The number of aliphatic carboxylic acids is 1. The van der Waals surface area contributed by atoms with E-state index in [1.165, 1.54) is 11.8 Å². The van der Waals surface area contributed by atoms with E-state index < -0.39 is 66.2 Å². The van der Waals surface area contributed by atoms with Crippen molar-refractivity contribution >= 4 is 41.5 Å². The van der Waals surface area contributed by atoms with Crippen molar-refractivity contribution < 1.29 is 33.9 Å². The molecule has 4 atom stereocenters. The third-order valence-electron chi connectivity index (χ3n) is 6.11. The second kappa shape index (κ2) is 16.9. The van der Waals surface area contributed by atoms with Gasteiger partial charge in [-0.15, -0.1) is 0 Å². The van der Waals surface area contributed by atoms with Crippen LogP contribution in [0.3, 0.4) is 0 Å². The van der Waals surface area contributed by atoms with E-state index in [2.05, 4.69) is 26.3 Å². The van der Waals surface area contributed by atoms with Gasteiger partial charge in [0.25, 0.3) is 0 Å². The van der Waals surface area contributed by atoms with Gasteiger partial charge in [0.05, 0.1) is 19.1 Å². The first-order valence-corrected chi connectivity index (χ1v) is 13.2. The summed E-state index contributed by atoms with van der Waals surface area (Å²) < 4.78 is 0. The normalized spacial score (nSPS) is 16.8. The van der Waals surface area contributed by atoms with E-state index in [1.54, 1.807) is 0 Å². The predicted octanol–water partition coefficient (Wildman–Crippen LogP) is -3.29. The van der Waals surface area contributed by atoms with Crippen LogP contribution in [0.15, 0.2) is 4.99 Å². The number of nitrogens with zero attached hydrogens (tertiary/aromatic N) is 2. The number of carboxylic acid groups (broad SMARTS) is 1. The fourth-order valence-corrected chi connectivity index (χ4v) is 4.05. The Hall–Kier alpha value is -3.95. The van der Waals surface area contributed by atoms with E-state index in [4.69, 9.17) is 17.2 Å². The van der Waals surface area contributed by atoms with Crippen LogP contribution in [0, 0.1) is 5.92 Å². The van der Waals surface area contributed by atoms with Crippen molar-refractivity contribution in [1.82, 2.24) is 26.2 Å². The summed E-state index contributed by atoms with van der Waals surface area (Å²) >= 11 is 0. The molecule has 1 rings (SSSR count). The van der Waals surface area contributed by atoms with E-state index >= 15 is 0 Å². The third kappa shape index (κ3) is 12.3. The molecule has 1 heterocycles. The number of likely N-dealkylation sites (tertiary alicyclic amines) is 1. The van der Waals surface area contributed by atoms with Gasteiger partial charge >= 0.3 is 5.97 Å². The van der Waals surface area contributed by atoms with Gasteiger partial charge in [-0.1, -0.05) is 13.8 Å². The van der Waals surface area contributed by atoms with Crippen molar-refractivity contribution in [3.05, 3.63) is 0 Å². The molecule has 11 N–H and O–H groups in total. The summed E-state index contributed by atoms with van der Waals surface area (Å²) in [5.74, 6) is -4.01. The molecule has 0 radical (unpaired) electrons. The molecule has 0 unspecified atom stereocenters. The molecule has 0 aromatic carbocycles. The number of aliphatic imine (C=N–C) groups is 1. The van der Waals surface area contributed by atoms with Crippen molar-refractivity contribution in [2.75, 3.05) is 26.2 Å². The molecule has 0 spiro atoms. The highest BCUT2D eigenvalue weighted by molar-refractivity contribution is 5.95. The molecule has 16 nitrogen and oxygen atoms in total. The minimum atomic E-state index is -1.25. The molecule has 1 saturated heterocycles. The number of carbonyl (C=O) groups is 6. The van der Waals surface area contributed by atoms with Crippen LogP contribution >= 0.6 is 0 Å². The first kappa shape index (κ1) is 34.1. The van der Waals surface area contributed by atoms with Crippen LogP contribution in [0.2, 0.25) is 0 Å². The van der Waals surface area contributed by atoms with Crippen LogP contribution in [-0.2, 0) is 28.8 Å². The lowest BCUT2D eigenvalue weighted by Gasteiger charge is -2.26. The molecule has 40 heavy (non-hydrogen) atoms. The number of nitrogens with one attached hydrogen (secondary N) is 4. The summed E-state index contributed by atoms with van der Waals surface area (Å²) in [5, 5.41) is 19.0. The molecule has 1 fully saturated rings. The first-order valence-electron chi connectivity index (χ1n) is 13.2. The number of hydrogen-bond donors (Lipinski definition) is 8. The van der Waals surface area contributed by atoms with Gasteiger partial charge in [0, 0.05) is 13.1 Å². The standard InChI is InChI=1S/C24H43N9O7/c1-13(2)10-15(25)21(37)30-12-19(35)33-9-5-7-17(33)22(38)31-14(3)20(36)29-11-18(34)32-16(23(39)40)6-4-8-28-24(26)27/h13-17H,4-12,25H2,1-3H3,(H,29,36)(H,30,37)(H,31,38)(H,32,34)(H,39,40)(H4,26,27,28)/t14-,15-,16-,17-/m0/s1. The van der Waals surface area contributed by atoms with Crippen LogP contribution in [0.1, 0.15) is 52.9 Å². The number of rotatable bonds is 16. The van der Waals surface area contributed by atoms with Crippen molar-refractivity contribution in [1.29, 1.82) is 0 Å². The smallest absolute Gasteiger partial charge is 0.326 e. The summed E-state index contributed by atoms with van der Waals surface area (Å²) in [6.45, 7) is 4.97. The van der Waals surface area contributed by atoms with E-state index in [9.17, 15) is 33.9 Å². The Bertz CT molecular complexity index is 953. The topological polar surface area (TPSA) is 264 Å². The molecular formula is C24H43N9O7. The molecule has 0 aliphatic carbocycles.